The Hall–Kier alpha value is -3.72. The molecule has 41 heavy (non-hydrogen) atoms. The summed E-state index contributed by atoms with van der Waals surface area (Å²) >= 11 is 0. The lowest BCUT2D eigenvalue weighted by Gasteiger charge is -2.30. The van der Waals surface area contributed by atoms with E-state index in [4.69, 9.17) is 4.74 Å². The van der Waals surface area contributed by atoms with Crippen LogP contribution in [0.5, 0.6) is 11.5 Å². The third kappa shape index (κ3) is 6.96. The number of phenols is 1. The van der Waals surface area contributed by atoms with Crippen molar-refractivity contribution >= 4 is 5.69 Å². The lowest BCUT2D eigenvalue weighted by molar-refractivity contribution is 0.313. The number of anilines is 1. The summed E-state index contributed by atoms with van der Waals surface area (Å²) in [5.74, 6) is 2.02. The molecule has 0 aliphatic rings. The van der Waals surface area contributed by atoms with Gasteiger partial charge in [0, 0.05) is 36.0 Å². The van der Waals surface area contributed by atoms with Crippen LogP contribution < -0.4 is 9.64 Å². The van der Waals surface area contributed by atoms with Crippen molar-refractivity contribution in [3.63, 3.8) is 0 Å². The fraction of sp³-hybridized carbons (Fsp3) is 0.368. The summed E-state index contributed by atoms with van der Waals surface area (Å²) in [5.41, 5.74) is 10.5. The zero-order valence-corrected chi connectivity index (χ0v) is 26.0. The molecule has 1 N–H and O–H groups in total. The predicted octanol–water partition coefficient (Wildman–Crippen LogP) is 10.1. The van der Waals surface area contributed by atoms with Gasteiger partial charge in [-0.1, -0.05) is 113 Å². The zero-order valence-electron chi connectivity index (χ0n) is 26.0. The van der Waals surface area contributed by atoms with Gasteiger partial charge in [0.2, 0.25) is 0 Å². The molecule has 0 aliphatic carbocycles. The van der Waals surface area contributed by atoms with Crippen molar-refractivity contribution in [3.05, 3.63) is 101 Å². The van der Waals surface area contributed by atoms with Gasteiger partial charge in [0.25, 0.3) is 0 Å². The van der Waals surface area contributed by atoms with Gasteiger partial charge in [-0.3, -0.25) is 0 Å². The number of nitrogens with zero attached hydrogens (tertiary/aromatic N) is 1. The molecule has 4 aromatic rings. The van der Waals surface area contributed by atoms with Crippen LogP contribution in [0.3, 0.4) is 0 Å². The highest BCUT2D eigenvalue weighted by molar-refractivity contribution is 5.84. The average Bonchev–Trinajstić information content (AvgIpc) is 2.96. The molecule has 0 aliphatic heterocycles. The zero-order chi connectivity index (χ0) is 29.5. The summed E-state index contributed by atoms with van der Waals surface area (Å²) in [4.78, 5) is 2.44. The summed E-state index contributed by atoms with van der Waals surface area (Å²) in [7, 11) is 2.23. The normalized spacial score (nSPS) is 11.3. The molecule has 0 amide bonds. The molecule has 0 fully saturated rings. The Morgan fingerprint density at radius 1 is 0.805 bits per heavy atom. The van der Waals surface area contributed by atoms with Crippen molar-refractivity contribution in [1.82, 2.24) is 0 Å². The molecule has 0 aromatic heterocycles. The van der Waals surface area contributed by atoms with Crippen LogP contribution >= 0.6 is 0 Å². The van der Waals surface area contributed by atoms with E-state index in [1.54, 1.807) is 0 Å². The van der Waals surface area contributed by atoms with Crippen molar-refractivity contribution in [2.24, 2.45) is 0 Å². The van der Waals surface area contributed by atoms with Crippen LogP contribution in [0.25, 0.3) is 22.3 Å². The van der Waals surface area contributed by atoms with Crippen LogP contribution in [0.15, 0.2) is 78.9 Å². The van der Waals surface area contributed by atoms with Crippen molar-refractivity contribution in [1.29, 1.82) is 0 Å². The van der Waals surface area contributed by atoms with E-state index in [1.165, 1.54) is 22.4 Å². The first-order valence-corrected chi connectivity index (χ1v) is 15.2. The molecule has 0 atom stereocenters. The topological polar surface area (TPSA) is 32.7 Å². The van der Waals surface area contributed by atoms with Gasteiger partial charge in [-0.15, -0.1) is 0 Å². The minimum absolute atomic E-state index is 0.281. The first-order valence-electron chi connectivity index (χ1n) is 15.2. The molecule has 0 spiro atoms. The summed E-state index contributed by atoms with van der Waals surface area (Å²) in [6.45, 7) is 15.1. The number of ether oxygens (including phenoxy) is 1. The number of benzene rings is 4. The molecular weight excluding hydrogens is 502 g/mol. The van der Waals surface area contributed by atoms with Gasteiger partial charge in [-0.25, -0.2) is 0 Å². The first-order chi connectivity index (χ1) is 19.7. The maximum absolute atomic E-state index is 11.3. The maximum Gasteiger partial charge on any atom is 0.131 e. The Kier molecular flexibility index (Phi) is 10.2. The lowest BCUT2D eigenvalue weighted by atomic mass is 9.86. The number of phenolic OH excluding ortho intramolecular Hbond substituents is 1. The predicted molar refractivity (Wildman–Crippen MR) is 176 cm³/mol. The van der Waals surface area contributed by atoms with Gasteiger partial charge in [-0.05, 0) is 66.0 Å². The number of aryl methyl sites for hydroxylation is 2. The van der Waals surface area contributed by atoms with Crippen molar-refractivity contribution < 1.29 is 9.84 Å². The second-order valence-electron chi connectivity index (χ2n) is 11.8. The van der Waals surface area contributed by atoms with Crippen LogP contribution in [0, 0.1) is 6.92 Å². The molecule has 0 saturated heterocycles. The molecule has 4 aromatic carbocycles. The molecule has 0 heterocycles. The highest BCUT2D eigenvalue weighted by atomic mass is 16.5. The van der Waals surface area contributed by atoms with Crippen molar-refractivity contribution in [2.75, 3.05) is 25.1 Å². The number of hydrogen-bond donors (Lipinski definition) is 1. The molecule has 4 rings (SSSR count). The molecule has 3 nitrogen and oxygen atoms in total. The molecule has 216 valence electrons. The molecule has 0 radical (unpaired) electrons. The van der Waals surface area contributed by atoms with Crippen molar-refractivity contribution in [3.8, 4) is 33.8 Å². The molecular formula is C38H47NO2. The summed E-state index contributed by atoms with van der Waals surface area (Å²) < 4.78 is 6.41. The highest BCUT2D eigenvalue weighted by Crippen LogP contribution is 2.42. The van der Waals surface area contributed by atoms with E-state index in [2.05, 4.69) is 77.8 Å². The lowest BCUT2D eigenvalue weighted by Crippen LogP contribution is -2.24. The second kappa shape index (κ2) is 13.8. The fourth-order valence-corrected chi connectivity index (χ4v) is 5.88. The van der Waals surface area contributed by atoms with Crippen LogP contribution in [0.2, 0.25) is 0 Å². The third-order valence-corrected chi connectivity index (χ3v) is 7.88. The maximum atomic E-state index is 11.3. The van der Waals surface area contributed by atoms with Crippen LogP contribution in [-0.2, 0) is 6.42 Å². The van der Waals surface area contributed by atoms with E-state index in [0.717, 1.165) is 59.4 Å². The summed E-state index contributed by atoms with van der Waals surface area (Å²) in [6.07, 6.45) is 3.16. The standard InChI is InChI=1S/C38H47NO2/c1-8-14-30-20-21-31(26(2)3)37(36(30)27(4)5)39(7)23-13-24-41-35-22-19-28(6)25-34(35)33-18-12-17-32(38(33)40)29-15-10-9-11-16-29/h9-12,15-22,25-27,40H,8,13-14,23-24H2,1-7H3. The third-order valence-electron chi connectivity index (χ3n) is 7.88. The summed E-state index contributed by atoms with van der Waals surface area (Å²) in [5, 5.41) is 11.3. The smallest absolute Gasteiger partial charge is 0.131 e. The van der Waals surface area contributed by atoms with E-state index in [9.17, 15) is 5.11 Å². The second-order valence-corrected chi connectivity index (χ2v) is 11.8. The Labute approximate surface area is 247 Å². The molecule has 0 bridgehead atoms. The van der Waals surface area contributed by atoms with Gasteiger partial charge in [0.15, 0.2) is 0 Å². The van der Waals surface area contributed by atoms with Gasteiger partial charge in [0.05, 0.1) is 6.61 Å². The number of aromatic hydroxyl groups is 1. The van der Waals surface area contributed by atoms with E-state index >= 15 is 0 Å². The quantitative estimate of drug-likeness (QED) is 0.178. The van der Waals surface area contributed by atoms with Gasteiger partial charge < -0.3 is 14.7 Å². The van der Waals surface area contributed by atoms with E-state index in [-0.39, 0.29) is 5.75 Å². The van der Waals surface area contributed by atoms with E-state index < -0.39 is 0 Å². The van der Waals surface area contributed by atoms with Crippen LogP contribution in [0.1, 0.15) is 81.5 Å². The van der Waals surface area contributed by atoms with E-state index in [1.807, 2.05) is 54.6 Å². The number of hydrogen-bond acceptors (Lipinski definition) is 3. The molecule has 0 unspecified atom stereocenters. The largest absolute Gasteiger partial charge is 0.507 e. The highest BCUT2D eigenvalue weighted by Gasteiger charge is 2.21. The Morgan fingerprint density at radius 2 is 1.54 bits per heavy atom. The van der Waals surface area contributed by atoms with Crippen LogP contribution in [0.4, 0.5) is 5.69 Å². The fourth-order valence-electron chi connectivity index (χ4n) is 5.88. The van der Waals surface area contributed by atoms with Gasteiger partial charge in [-0.2, -0.15) is 0 Å². The minimum atomic E-state index is 0.281. The van der Waals surface area contributed by atoms with E-state index in [0.29, 0.717) is 18.4 Å². The first kappa shape index (κ1) is 30.2. The SMILES string of the molecule is CCCc1ccc(C(C)C)c(N(C)CCCOc2ccc(C)cc2-c2cccc(-c3ccccc3)c2O)c1C(C)C. The van der Waals surface area contributed by atoms with Gasteiger partial charge in [0.1, 0.15) is 11.5 Å². The Bertz CT molecular complexity index is 1440. The number of para-hydroxylation sites is 1. The minimum Gasteiger partial charge on any atom is -0.507 e. The molecule has 0 saturated carbocycles. The van der Waals surface area contributed by atoms with Crippen molar-refractivity contribution in [2.45, 2.75) is 72.6 Å². The molecule has 3 heteroatoms. The Morgan fingerprint density at radius 3 is 2.22 bits per heavy atom. The Balaban J connectivity index is 1.54. The van der Waals surface area contributed by atoms with Crippen LogP contribution in [-0.4, -0.2) is 25.3 Å². The number of rotatable bonds is 12. The monoisotopic (exact) mass is 549 g/mol. The summed E-state index contributed by atoms with van der Waals surface area (Å²) in [6, 6.07) is 26.9. The average molecular weight is 550 g/mol. The van der Waals surface area contributed by atoms with Gasteiger partial charge >= 0.3 is 0 Å².